The van der Waals surface area contributed by atoms with Gasteiger partial charge in [0.25, 0.3) is 0 Å². The Kier molecular flexibility index (Phi) is 9.96. The highest BCUT2D eigenvalue weighted by Gasteiger charge is 2.32. The number of aldehydes is 1. The van der Waals surface area contributed by atoms with Gasteiger partial charge in [-0.25, -0.2) is 4.79 Å². The zero-order valence-corrected chi connectivity index (χ0v) is 17.6. The second kappa shape index (κ2) is 11.7. The van der Waals surface area contributed by atoms with Crippen LogP contribution in [0.25, 0.3) is 0 Å². The molecule has 0 aromatic heterocycles. The number of carbonyl (C=O) groups is 3. The van der Waals surface area contributed by atoms with Crippen LogP contribution in [0.5, 0.6) is 0 Å². The van der Waals surface area contributed by atoms with E-state index < -0.39 is 17.8 Å². The molecule has 1 aromatic carbocycles. The molecule has 0 bridgehead atoms. The largest absolute Gasteiger partial charge is 0.442 e. The maximum absolute atomic E-state index is 12.2. The molecule has 0 aliphatic heterocycles. The average molecular weight is 413 g/mol. The molecule has 0 saturated carbocycles. The van der Waals surface area contributed by atoms with Crippen LogP contribution in [-0.4, -0.2) is 37.1 Å². The van der Waals surface area contributed by atoms with Gasteiger partial charge >= 0.3 is 6.09 Å². The van der Waals surface area contributed by atoms with Crippen molar-refractivity contribution < 1.29 is 23.9 Å². The van der Waals surface area contributed by atoms with Crippen LogP contribution in [0.4, 0.5) is 16.2 Å². The predicted octanol–water partition coefficient (Wildman–Crippen LogP) is 4.79. The third-order valence-electron chi connectivity index (χ3n) is 4.36. The lowest BCUT2D eigenvalue weighted by Gasteiger charge is -2.31. The molecule has 0 heterocycles. The monoisotopic (exact) mass is 412 g/mol. The molecule has 2 amide bonds. The molecule has 0 fully saturated rings. The number of benzene rings is 1. The van der Waals surface area contributed by atoms with Crippen LogP contribution in [0.15, 0.2) is 18.2 Å². The number of hydrogen-bond acceptors (Lipinski definition) is 5. The maximum Gasteiger partial charge on any atom is 0.412 e. The predicted molar refractivity (Wildman–Crippen MR) is 110 cm³/mol. The number of anilines is 2. The van der Waals surface area contributed by atoms with Gasteiger partial charge in [-0.3, -0.25) is 10.1 Å². The molecular formula is C20H29ClN2O5. The number of amides is 2. The van der Waals surface area contributed by atoms with Gasteiger partial charge in [0.1, 0.15) is 12.4 Å². The average Bonchev–Trinajstić information content (AvgIpc) is 2.64. The van der Waals surface area contributed by atoms with Crippen molar-refractivity contribution in [2.45, 2.75) is 64.6 Å². The molecule has 1 aromatic rings. The molecule has 1 rings (SSSR count). The van der Waals surface area contributed by atoms with Crippen LogP contribution in [0.2, 0.25) is 5.02 Å². The molecule has 28 heavy (non-hydrogen) atoms. The van der Waals surface area contributed by atoms with Crippen molar-refractivity contribution in [2.24, 2.45) is 0 Å². The quantitative estimate of drug-likeness (QED) is 0.402. The van der Waals surface area contributed by atoms with Gasteiger partial charge in [0.2, 0.25) is 5.91 Å². The highest BCUT2D eigenvalue weighted by atomic mass is 35.5. The van der Waals surface area contributed by atoms with Gasteiger partial charge in [0, 0.05) is 25.6 Å². The summed E-state index contributed by atoms with van der Waals surface area (Å²) in [6.45, 7) is 5.52. The third-order valence-corrected chi connectivity index (χ3v) is 4.67. The summed E-state index contributed by atoms with van der Waals surface area (Å²) in [4.78, 5) is 34.9. The minimum Gasteiger partial charge on any atom is -0.442 e. The molecule has 7 nitrogen and oxygen atoms in total. The van der Waals surface area contributed by atoms with Gasteiger partial charge in [-0.1, -0.05) is 31.4 Å². The molecule has 2 N–H and O–H groups in total. The fraction of sp³-hybridized carbons (Fsp3) is 0.550. The molecule has 0 unspecified atom stereocenters. The van der Waals surface area contributed by atoms with Gasteiger partial charge < -0.3 is 19.6 Å². The number of carbonyl (C=O) groups excluding carboxylic acids is 3. The Morgan fingerprint density at radius 3 is 2.54 bits per heavy atom. The third kappa shape index (κ3) is 7.86. The summed E-state index contributed by atoms with van der Waals surface area (Å²) in [6, 6.07) is 4.76. The molecular weight excluding hydrogens is 384 g/mol. The van der Waals surface area contributed by atoms with Gasteiger partial charge in [-0.15, -0.1) is 0 Å². The summed E-state index contributed by atoms with van der Waals surface area (Å²) >= 11 is 6.20. The van der Waals surface area contributed by atoms with E-state index in [0.29, 0.717) is 24.1 Å². The van der Waals surface area contributed by atoms with E-state index in [1.807, 2.05) is 0 Å². The number of hydrogen-bond donors (Lipinski definition) is 2. The van der Waals surface area contributed by atoms with Crippen molar-refractivity contribution in [1.82, 2.24) is 0 Å². The lowest BCUT2D eigenvalue weighted by Crippen LogP contribution is -2.42. The first kappa shape index (κ1) is 23.9. The Balaban J connectivity index is 2.70. The van der Waals surface area contributed by atoms with Crippen molar-refractivity contribution in [3.8, 4) is 0 Å². The lowest BCUT2D eigenvalue weighted by molar-refractivity contribution is -0.117. The van der Waals surface area contributed by atoms with Gasteiger partial charge in [-0.05, 0) is 38.5 Å². The number of halogens is 1. The van der Waals surface area contributed by atoms with E-state index in [0.717, 1.165) is 19.3 Å². The molecule has 0 aliphatic rings. The van der Waals surface area contributed by atoms with Crippen molar-refractivity contribution in [1.29, 1.82) is 0 Å². The fourth-order valence-corrected chi connectivity index (χ4v) is 2.64. The van der Waals surface area contributed by atoms with E-state index in [2.05, 4.69) is 17.6 Å². The van der Waals surface area contributed by atoms with E-state index >= 15 is 0 Å². The highest BCUT2D eigenvalue weighted by molar-refractivity contribution is 6.34. The Morgan fingerprint density at radius 1 is 1.25 bits per heavy atom. The normalized spacial score (nSPS) is 12.2. The minimum atomic E-state index is -0.825. The molecule has 156 valence electrons. The highest BCUT2D eigenvalue weighted by Crippen LogP contribution is 2.27. The van der Waals surface area contributed by atoms with Crippen LogP contribution in [0.1, 0.15) is 52.9 Å². The van der Waals surface area contributed by atoms with Crippen LogP contribution in [-0.2, 0) is 19.1 Å². The topological polar surface area (TPSA) is 93.7 Å². The molecule has 0 spiro atoms. The molecule has 0 saturated heterocycles. The van der Waals surface area contributed by atoms with Crippen molar-refractivity contribution in [3.05, 3.63) is 23.2 Å². The molecule has 0 aliphatic carbocycles. The number of methoxy groups -OCH3 is 1. The zero-order valence-electron chi connectivity index (χ0n) is 16.8. The Morgan fingerprint density at radius 2 is 1.96 bits per heavy atom. The second-order valence-corrected chi connectivity index (χ2v) is 7.34. The first-order valence-electron chi connectivity index (χ1n) is 9.29. The number of ether oxygens (including phenoxy) is 2. The summed E-state index contributed by atoms with van der Waals surface area (Å²) in [5, 5.41) is 5.57. The van der Waals surface area contributed by atoms with E-state index in [1.54, 1.807) is 32.0 Å². The molecule has 8 heteroatoms. The number of rotatable bonds is 11. The number of nitrogens with one attached hydrogen (secondary N) is 2. The standard InChI is InChI=1S/C20H29ClN2O5/c1-5-6-7-8-18(25)22-14-9-10-16(15(21)13-14)23-19(26)28-17(11-12-24)20(2,3)27-4/h9-10,12-13,17H,5-8,11H2,1-4H3,(H,22,25)(H,23,26)/t17-/m0/s1. The fourth-order valence-electron chi connectivity index (χ4n) is 2.41. The Bertz CT molecular complexity index is 679. The first-order chi connectivity index (χ1) is 13.2. The van der Waals surface area contributed by atoms with Crippen molar-refractivity contribution >= 4 is 41.3 Å². The smallest absolute Gasteiger partial charge is 0.412 e. The Hall–Kier alpha value is -2.12. The van der Waals surface area contributed by atoms with Crippen molar-refractivity contribution in [2.75, 3.05) is 17.7 Å². The summed E-state index contributed by atoms with van der Waals surface area (Å²) in [5.41, 5.74) is 0.0500. The zero-order chi connectivity index (χ0) is 21.2. The first-order valence-corrected chi connectivity index (χ1v) is 9.67. The van der Waals surface area contributed by atoms with Gasteiger partial charge in [0.15, 0.2) is 0 Å². The second-order valence-electron chi connectivity index (χ2n) is 6.93. The van der Waals surface area contributed by atoms with Crippen LogP contribution >= 0.6 is 11.6 Å². The van der Waals surface area contributed by atoms with E-state index in [-0.39, 0.29) is 17.4 Å². The Labute approximate surface area is 171 Å². The van der Waals surface area contributed by atoms with Gasteiger partial charge in [-0.2, -0.15) is 0 Å². The number of unbranched alkanes of at least 4 members (excludes halogenated alkanes) is 2. The van der Waals surface area contributed by atoms with Crippen LogP contribution in [0.3, 0.4) is 0 Å². The van der Waals surface area contributed by atoms with E-state index in [1.165, 1.54) is 7.11 Å². The summed E-state index contributed by atoms with van der Waals surface area (Å²) in [7, 11) is 1.48. The summed E-state index contributed by atoms with van der Waals surface area (Å²) in [6.07, 6.45) is 2.50. The molecule has 1 atom stereocenters. The van der Waals surface area contributed by atoms with E-state index in [4.69, 9.17) is 21.1 Å². The van der Waals surface area contributed by atoms with Crippen LogP contribution in [0, 0.1) is 0 Å². The minimum absolute atomic E-state index is 0.00495. The van der Waals surface area contributed by atoms with Crippen LogP contribution < -0.4 is 10.6 Å². The SMILES string of the molecule is CCCCCC(=O)Nc1ccc(NC(=O)O[C@@H](CC=O)C(C)(C)OC)c(Cl)c1. The maximum atomic E-state index is 12.2. The summed E-state index contributed by atoms with van der Waals surface area (Å²) in [5.74, 6) is -0.0804. The lowest BCUT2D eigenvalue weighted by atomic mass is 9.99. The summed E-state index contributed by atoms with van der Waals surface area (Å²) < 4.78 is 10.6. The molecule has 0 radical (unpaired) electrons. The van der Waals surface area contributed by atoms with Crippen molar-refractivity contribution in [3.63, 3.8) is 0 Å². The van der Waals surface area contributed by atoms with Gasteiger partial charge in [0.05, 0.1) is 16.3 Å². The van der Waals surface area contributed by atoms with E-state index in [9.17, 15) is 14.4 Å².